The van der Waals surface area contributed by atoms with E-state index in [1.54, 1.807) is 4.57 Å². The minimum atomic E-state index is 0.0212. The van der Waals surface area contributed by atoms with Crippen molar-refractivity contribution < 1.29 is 4.79 Å². The maximum Gasteiger partial charge on any atom is 0.272 e. The van der Waals surface area contributed by atoms with Crippen LogP contribution in [0, 0.1) is 0 Å². The molecule has 27 heavy (non-hydrogen) atoms. The van der Waals surface area contributed by atoms with E-state index in [4.69, 9.17) is 0 Å². The van der Waals surface area contributed by atoms with E-state index in [-0.39, 0.29) is 11.5 Å². The Kier molecular flexibility index (Phi) is 6.14. The van der Waals surface area contributed by atoms with Crippen molar-refractivity contribution in [3.63, 3.8) is 0 Å². The number of likely N-dealkylation sites (tertiary alicyclic amines) is 1. The van der Waals surface area contributed by atoms with Gasteiger partial charge in [-0.15, -0.1) is 11.3 Å². The van der Waals surface area contributed by atoms with E-state index in [1.807, 2.05) is 11.4 Å². The lowest BCUT2D eigenvalue weighted by molar-refractivity contribution is -0.119. The molecule has 6 nitrogen and oxygen atoms in total. The molecule has 2 aromatic rings. The number of hydrogen-bond acceptors (Lipinski definition) is 6. The molecular weight excluding hydrogens is 380 g/mol. The number of amides is 1. The summed E-state index contributed by atoms with van der Waals surface area (Å²) in [5.74, 6) is 0.347. The molecule has 0 aromatic carbocycles. The zero-order valence-electron chi connectivity index (χ0n) is 15.5. The van der Waals surface area contributed by atoms with Crippen LogP contribution in [0.5, 0.6) is 0 Å². The Balaban J connectivity index is 1.47. The Bertz CT molecular complexity index is 851. The van der Waals surface area contributed by atoms with E-state index >= 15 is 0 Å². The second-order valence-corrected chi connectivity index (χ2v) is 9.23. The van der Waals surface area contributed by atoms with Gasteiger partial charge < -0.3 is 10.2 Å². The monoisotopic (exact) mass is 406 g/mol. The third kappa shape index (κ3) is 4.55. The van der Waals surface area contributed by atoms with Gasteiger partial charge in [-0.2, -0.15) is 0 Å². The number of thiophene rings is 1. The number of fused-ring (bicyclic) bond motifs is 1. The van der Waals surface area contributed by atoms with Crippen LogP contribution in [0.1, 0.15) is 38.5 Å². The van der Waals surface area contributed by atoms with Crippen molar-refractivity contribution in [1.29, 1.82) is 0 Å². The molecule has 2 aromatic heterocycles. The number of thioether (sulfide) groups is 1. The highest BCUT2D eigenvalue weighted by Gasteiger charge is 2.19. The quantitative estimate of drug-likeness (QED) is 0.566. The molecule has 1 aliphatic heterocycles. The summed E-state index contributed by atoms with van der Waals surface area (Å²) in [7, 11) is 0. The van der Waals surface area contributed by atoms with Gasteiger partial charge in [0.2, 0.25) is 5.91 Å². The number of rotatable bonds is 7. The summed E-state index contributed by atoms with van der Waals surface area (Å²) in [6.07, 6.45) is 7.03. The highest BCUT2D eigenvalue weighted by Crippen LogP contribution is 2.22. The molecule has 4 rings (SSSR count). The molecular formula is C19H26N4O2S2. The molecule has 3 heterocycles. The third-order valence-electron chi connectivity index (χ3n) is 5.42. The molecule has 0 unspecified atom stereocenters. The van der Waals surface area contributed by atoms with Gasteiger partial charge in [-0.1, -0.05) is 24.6 Å². The van der Waals surface area contributed by atoms with E-state index < -0.39 is 0 Å². The molecule has 0 atom stereocenters. The number of aromatic nitrogens is 2. The fourth-order valence-electron chi connectivity index (χ4n) is 3.95. The number of nitrogens with zero attached hydrogens (tertiary/aromatic N) is 3. The lowest BCUT2D eigenvalue weighted by Crippen LogP contribution is -2.34. The van der Waals surface area contributed by atoms with Crippen molar-refractivity contribution in [2.45, 2.75) is 56.3 Å². The molecule has 1 N–H and O–H groups in total. The van der Waals surface area contributed by atoms with Crippen molar-refractivity contribution in [2.24, 2.45) is 0 Å². The Labute approximate surface area is 167 Å². The van der Waals surface area contributed by atoms with Crippen molar-refractivity contribution >= 4 is 39.2 Å². The molecule has 0 spiro atoms. The standard InChI is InChI=1S/C19H26N4O2S2/c24-16(20-14-5-1-2-6-14)13-27-19-21-15-7-12-26-17(15)18(25)23(19)11-10-22-8-3-4-9-22/h7,12,14H,1-6,8-11,13H2,(H,20,24). The molecule has 0 radical (unpaired) electrons. The SMILES string of the molecule is O=C(CSc1nc2ccsc2c(=O)n1CCN1CCCC1)NC1CCCC1. The lowest BCUT2D eigenvalue weighted by atomic mass is 10.2. The van der Waals surface area contributed by atoms with Gasteiger partial charge >= 0.3 is 0 Å². The fourth-order valence-corrected chi connectivity index (χ4v) is 5.56. The summed E-state index contributed by atoms with van der Waals surface area (Å²) < 4.78 is 2.47. The van der Waals surface area contributed by atoms with Crippen LogP contribution in [0.4, 0.5) is 0 Å². The summed E-state index contributed by atoms with van der Waals surface area (Å²) in [5.41, 5.74) is 0.758. The summed E-state index contributed by atoms with van der Waals surface area (Å²) in [6.45, 7) is 3.71. The molecule has 1 aliphatic carbocycles. The highest BCUT2D eigenvalue weighted by molar-refractivity contribution is 7.99. The van der Waals surface area contributed by atoms with Gasteiger partial charge in [0.1, 0.15) is 4.70 Å². The summed E-state index contributed by atoms with van der Waals surface area (Å²) >= 11 is 2.82. The van der Waals surface area contributed by atoms with Crippen LogP contribution in [-0.4, -0.2) is 51.8 Å². The van der Waals surface area contributed by atoms with Gasteiger partial charge in [0.25, 0.3) is 5.56 Å². The predicted molar refractivity (Wildman–Crippen MR) is 111 cm³/mol. The fraction of sp³-hybridized carbons (Fsp3) is 0.632. The van der Waals surface area contributed by atoms with E-state index in [2.05, 4.69) is 15.2 Å². The maximum atomic E-state index is 12.9. The largest absolute Gasteiger partial charge is 0.353 e. The van der Waals surface area contributed by atoms with E-state index in [1.165, 1.54) is 48.8 Å². The topological polar surface area (TPSA) is 67.2 Å². The third-order valence-corrected chi connectivity index (χ3v) is 7.29. The van der Waals surface area contributed by atoms with Crippen molar-refractivity contribution in [1.82, 2.24) is 19.8 Å². The molecule has 146 valence electrons. The minimum Gasteiger partial charge on any atom is -0.353 e. The van der Waals surface area contributed by atoms with Crippen LogP contribution in [0.15, 0.2) is 21.4 Å². The Morgan fingerprint density at radius 2 is 2.00 bits per heavy atom. The van der Waals surface area contributed by atoms with E-state index in [0.717, 1.165) is 38.0 Å². The van der Waals surface area contributed by atoms with Gasteiger partial charge in [-0.05, 0) is 50.2 Å². The number of carbonyl (C=O) groups is 1. The molecule has 1 saturated heterocycles. The number of carbonyl (C=O) groups excluding carboxylic acids is 1. The predicted octanol–water partition coefficient (Wildman–Crippen LogP) is 2.70. The first-order chi connectivity index (χ1) is 13.2. The zero-order chi connectivity index (χ0) is 18.6. The van der Waals surface area contributed by atoms with Gasteiger partial charge in [-0.3, -0.25) is 14.2 Å². The first-order valence-electron chi connectivity index (χ1n) is 9.83. The van der Waals surface area contributed by atoms with Gasteiger partial charge in [0.15, 0.2) is 5.16 Å². The van der Waals surface area contributed by atoms with E-state index in [0.29, 0.717) is 28.2 Å². The van der Waals surface area contributed by atoms with Crippen LogP contribution >= 0.6 is 23.1 Å². The van der Waals surface area contributed by atoms with Crippen LogP contribution < -0.4 is 10.9 Å². The first kappa shape index (κ1) is 19.0. The number of nitrogens with one attached hydrogen (secondary N) is 1. The average Bonchev–Trinajstić information content (AvgIpc) is 3.41. The summed E-state index contributed by atoms with van der Waals surface area (Å²) in [5, 5.41) is 5.68. The highest BCUT2D eigenvalue weighted by atomic mass is 32.2. The summed E-state index contributed by atoms with van der Waals surface area (Å²) in [6, 6.07) is 2.21. The van der Waals surface area contributed by atoms with Gasteiger partial charge in [0.05, 0.1) is 11.3 Å². The second kappa shape index (κ2) is 8.75. The van der Waals surface area contributed by atoms with Crippen LogP contribution in [0.2, 0.25) is 0 Å². The van der Waals surface area contributed by atoms with E-state index in [9.17, 15) is 9.59 Å². The van der Waals surface area contributed by atoms with Crippen LogP contribution in [-0.2, 0) is 11.3 Å². The Morgan fingerprint density at radius 1 is 1.22 bits per heavy atom. The Hall–Kier alpha value is -1.38. The Morgan fingerprint density at radius 3 is 2.78 bits per heavy atom. The maximum absolute atomic E-state index is 12.9. The molecule has 2 fully saturated rings. The number of hydrogen-bond donors (Lipinski definition) is 1. The van der Waals surface area contributed by atoms with Crippen LogP contribution in [0.25, 0.3) is 10.2 Å². The normalized spacial score (nSPS) is 18.5. The van der Waals surface area contributed by atoms with Gasteiger partial charge in [0, 0.05) is 19.1 Å². The summed E-state index contributed by atoms with van der Waals surface area (Å²) in [4.78, 5) is 32.3. The molecule has 1 amide bonds. The van der Waals surface area contributed by atoms with Crippen molar-refractivity contribution in [2.75, 3.05) is 25.4 Å². The first-order valence-corrected chi connectivity index (χ1v) is 11.7. The minimum absolute atomic E-state index is 0.0212. The second-order valence-electron chi connectivity index (χ2n) is 7.37. The smallest absolute Gasteiger partial charge is 0.272 e. The van der Waals surface area contributed by atoms with Crippen LogP contribution in [0.3, 0.4) is 0 Å². The molecule has 8 heteroatoms. The molecule has 2 aliphatic rings. The van der Waals surface area contributed by atoms with Gasteiger partial charge in [-0.25, -0.2) is 4.98 Å². The molecule has 0 bridgehead atoms. The van der Waals surface area contributed by atoms with Crippen molar-refractivity contribution in [3.8, 4) is 0 Å². The molecule has 1 saturated carbocycles. The lowest BCUT2D eigenvalue weighted by Gasteiger charge is -2.17. The average molecular weight is 407 g/mol. The zero-order valence-corrected chi connectivity index (χ0v) is 17.1. The van der Waals surface area contributed by atoms with Crippen molar-refractivity contribution in [3.05, 3.63) is 21.8 Å².